The number of esters is 1. The summed E-state index contributed by atoms with van der Waals surface area (Å²) in [4.78, 5) is 39.0. The third-order valence-corrected chi connectivity index (χ3v) is 4.42. The number of hydrogen-bond acceptors (Lipinski definition) is 7. The van der Waals surface area contributed by atoms with Crippen molar-refractivity contribution in [1.82, 2.24) is 5.16 Å². The fraction of sp³-hybridized carbons (Fsp3) is 0.300. The zero-order chi connectivity index (χ0) is 21.1. The summed E-state index contributed by atoms with van der Waals surface area (Å²) >= 11 is 0. The molecule has 1 aliphatic heterocycles. The molecule has 2 aromatic rings. The molecule has 1 unspecified atom stereocenters. The van der Waals surface area contributed by atoms with Crippen LogP contribution in [-0.4, -0.2) is 29.5 Å². The Kier molecular flexibility index (Phi) is 5.76. The molecular formula is C20H20FN3O5. The van der Waals surface area contributed by atoms with Crippen LogP contribution in [0.3, 0.4) is 0 Å². The third kappa shape index (κ3) is 4.18. The number of aromatic nitrogens is 1. The Morgan fingerprint density at radius 2 is 2.03 bits per heavy atom. The van der Waals surface area contributed by atoms with Crippen molar-refractivity contribution in [3.63, 3.8) is 0 Å². The van der Waals surface area contributed by atoms with Crippen molar-refractivity contribution in [1.29, 1.82) is 0 Å². The lowest BCUT2D eigenvalue weighted by atomic mass is 9.95. The van der Waals surface area contributed by atoms with E-state index in [1.54, 1.807) is 20.8 Å². The van der Waals surface area contributed by atoms with Crippen molar-refractivity contribution < 1.29 is 28.0 Å². The zero-order valence-electron chi connectivity index (χ0n) is 16.2. The Hall–Kier alpha value is -3.49. The minimum Gasteiger partial charge on any atom is -0.463 e. The van der Waals surface area contributed by atoms with Crippen LogP contribution < -0.4 is 10.2 Å². The maximum atomic E-state index is 13.1. The van der Waals surface area contributed by atoms with Gasteiger partial charge in [0.15, 0.2) is 5.82 Å². The second kappa shape index (κ2) is 8.26. The van der Waals surface area contributed by atoms with Crippen molar-refractivity contribution in [2.45, 2.75) is 27.2 Å². The summed E-state index contributed by atoms with van der Waals surface area (Å²) in [6, 6.07) is 6.98. The van der Waals surface area contributed by atoms with Crippen LogP contribution in [0.1, 0.15) is 26.0 Å². The lowest BCUT2D eigenvalue weighted by molar-refractivity contribution is -0.140. The predicted octanol–water partition coefficient (Wildman–Crippen LogP) is 2.95. The molecule has 3 rings (SSSR count). The van der Waals surface area contributed by atoms with Crippen LogP contribution >= 0.6 is 0 Å². The summed E-state index contributed by atoms with van der Waals surface area (Å²) in [5.74, 6) is -2.71. The monoisotopic (exact) mass is 401 g/mol. The maximum absolute atomic E-state index is 13.1. The molecule has 9 heteroatoms. The Labute approximate surface area is 166 Å². The molecule has 1 aliphatic rings. The topological polar surface area (TPSA) is 102 Å². The van der Waals surface area contributed by atoms with Gasteiger partial charge in [0.05, 0.1) is 18.1 Å². The number of hydrogen-bond donors (Lipinski definition) is 1. The van der Waals surface area contributed by atoms with Crippen molar-refractivity contribution in [2.24, 2.45) is 5.92 Å². The Balaban J connectivity index is 1.96. The number of allylic oxidation sites excluding steroid dienone is 1. The van der Waals surface area contributed by atoms with Gasteiger partial charge in [-0.15, -0.1) is 0 Å². The number of anilines is 2. The minimum atomic E-state index is -1.04. The van der Waals surface area contributed by atoms with Crippen LogP contribution in [0.5, 0.6) is 0 Å². The van der Waals surface area contributed by atoms with Gasteiger partial charge in [0.2, 0.25) is 11.8 Å². The van der Waals surface area contributed by atoms with Gasteiger partial charge in [0, 0.05) is 23.9 Å². The Morgan fingerprint density at radius 1 is 1.34 bits per heavy atom. The number of nitrogens with one attached hydrogen (secondary N) is 1. The van der Waals surface area contributed by atoms with Crippen LogP contribution in [0.25, 0.3) is 0 Å². The second-order valence-electron chi connectivity index (χ2n) is 6.51. The normalized spacial score (nSPS) is 17.4. The fourth-order valence-electron chi connectivity index (χ4n) is 3.14. The lowest BCUT2D eigenvalue weighted by Gasteiger charge is -2.17. The van der Waals surface area contributed by atoms with Gasteiger partial charge in [0.1, 0.15) is 11.6 Å². The standard InChI is InChI=1S/C20H20FN3O5/c1-4-28-20(27)18(12(3)22-14-7-5-13(21)6-8-14)15-10-17(25)24(19(15)26)16-9-11(2)29-23-16/h5-9,15,22H,4,10H2,1-3H3. The molecule has 1 aromatic carbocycles. The molecule has 1 atom stereocenters. The summed E-state index contributed by atoms with van der Waals surface area (Å²) in [6.45, 7) is 4.98. The molecule has 152 valence electrons. The van der Waals surface area contributed by atoms with E-state index in [2.05, 4.69) is 10.5 Å². The molecule has 1 fully saturated rings. The number of amides is 2. The molecule has 0 bridgehead atoms. The molecule has 2 amide bonds. The van der Waals surface area contributed by atoms with Crippen LogP contribution in [0.15, 0.2) is 46.1 Å². The Morgan fingerprint density at radius 3 is 2.62 bits per heavy atom. The zero-order valence-corrected chi connectivity index (χ0v) is 16.2. The number of nitrogens with zero attached hydrogens (tertiary/aromatic N) is 2. The van der Waals surface area contributed by atoms with E-state index in [0.717, 1.165) is 4.90 Å². The van der Waals surface area contributed by atoms with Crippen molar-refractivity contribution in [3.8, 4) is 0 Å². The number of benzene rings is 1. The van der Waals surface area contributed by atoms with Crippen molar-refractivity contribution >= 4 is 29.3 Å². The van der Waals surface area contributed by atoms with E-state index in [-0.39, 0.29) is 24.4 Å². The van der Waals surface area contributed by atoms with E-state index in [4.69, 9.17) is 9.26 Å². The first-order valence-electron chi connectivity index (χ1n) is 9.02. The molecule has 0 spiro atoms. The van der Waals surface area contributed by atoms with Crippen LogP contribution in [0.2, 0.25) is 0 Å². The SMILES string of the molecule is CCOC(=O)C(=C(C)Nc1ccc(F)cc1)C1CC(=O)N(c2cc(C)on2)C1=O. The highest BCUT2D eigenvalue weighted by atomic mass is 19.1. The molecule has 0 saturated carbocycles. The molecule has 2 heterocycles. The highest BCUT2D eigenvalue weighted by Gasteiger charge is 2.45. The first-order valence-corrected chi connectivity index (χ1v) is 9.02. The summed E-state index contributed by atoms with van der Waals surface area (Å²) in [5, 5.41) is 6.70. The molecule has 1 N–H and O–H groups in total. The molecule has 1 saturated heterocycles. The van der Waals surface area contributed by atoms with Gasteiger partial charge in [-0.1, -0.05) is 5.16 Å². The number of carbonyl (C=O) groups excluding carboxylic acids is 3. The average Bonchev–Trinajstić information content (AvgIpc) is 3.20. The number of halogens is 1. The number of aryl methyl sites for hydroxylation is 1. The second-order valence-corrected chi connectivity index (χ2v) is 6.51. The van der Waals surface area contributed by atoms with Gasteiger partial charge in [0.25, 0.3) is 0 Å². The average molecular weight is 401 g/mol. The van der Waals surface area contributed by atoms with Crippen LogP contribution in [0, 0.1) is 18.7 Å². The molecule has 0 radical (unpaired) electrons. The van der Waals surface area contributed by atoms with E-state index in [1.807, 2.05) is 0 Å². The Bertz CT molecular complexity index is 980. The molecular weight excluding hydrogens is 381 g/mol. The van der Waals surface area contributed by atoms with E-state index in [9.17, 15) is 18.8 Å². The first kappa shape index (κ1) is 20.2. The molecule has 1 aromatic heterocycles. The highest BCUT2D eigenvalue weighted by molar-refractivity contribution is 6.23. The van der Waals surface area contributed by atoms with E-state index in [0.29, 0.717) is 17.1 Å². The van der Waals surface area contributed by atoms with E-state index in [1.165, 1.54) is 30.3 Å². The third-order valence-electron chi connectivity index (χ3n) is 4.42. The molecule has 8 nitrogen and oxygen atoms in total. The van der Waals surface area contributed by atoms with Crippen LogP contribution in [0.4, 0.5) is 15.9 Å². The number of rotatable bonds is 6. The fourth-order valence-corrected chi connectivity index (χ4v) is 3.14. The van der Waals surface area contributed by atoms with Gasteiger partial charge in [-0.2, -0.15) is 0 Å². The number of ether oxygens (including phenoxy) is 1. The van der Waals surface area contributed by atoms with Crippen LogP contribution in [-0.2, 0) is 19.1 Å². The lowest BCUT2D eigenvalue weighted by Crippen LogP contribution is -2.32. The summed E-state index contributed by atoms with van der Waals surface area (Å²) in [5.41, 5.74) is 0.892. The summed E-state index contributed by atoms with van der Waals surface area (Å²) in [6.07, 6.45) is -0.207. The van der Waals surface area contributed by atoms with Crippen molar-refractivity contribution in [2.75, 3.05) is 16.8 Å². The van der Waals surface area contributed by atoms with E-state index >= 15 is 0 Å². The maximum Gasteiger partial charge on any atom is 0.336 e. The smallest absolute Gasteiger partial charge is 0.336 e. The summed E-state index contributed by atoms with van der Waals surface area (Å²) < 4.78 is 23.2. The van der Waals surface area contributed by atoms with Gasteiger partial charge in [-0.25, -0.2) is 14.1 Å². The van der Waals surface area contributed by atoms with Gasteiger partial charge in [-0.05, 0) is 45.0 Å². The van der Waals surface area contributed by atoms with Gasteiger partial charge in [-0.3, -0.25) is 9.59 Å². The summed E-state index contributed by atoms with van der Waals surface area (Å²) in [7, 11) is 0. The quantitative estimate of drug-likeness (QED) is 0.451. The van der Waals surface area contributed by atoms with Crippen molar-refractivity contribution in [3.05, 3.63) is 53.2 Å². The first-order chi connectivity index (χ1) is 13.8. The van der Waals surface area contributed by atoms with Gasteiger partial charge >= 0.3 is 5.97 Å². The minimum absolute atomic E-state index is 0.0391. The predicted molar refractivity (Wildman–Crippen MR) is 101 cm³/mol. The number of imide groups is 1. The van der Waals surface area contributed by atoms with Gasteiger partial charge < -0.3 is 14.6 Å². The molecule has 0 aliphatic carbocycles. The van der Waals surface area contributed by atoms with E-state index < -0.39 is 29.5 Å². The molecule has 29 heavy (non-hydrogen) atoms. The number of carbonyl (C=O) groups is 3. The highest BCUT2D eigenvalue weighted by Crippen LogP contribution is 2.33. The largest absolute Gasteiger partial charge is 0.463 e.